The summed E-state index contributed by atoms with van der Waals surface area (Å²) in [5.74, 6) is -0.997. The summed E-state index contributed by atoms with van der Waals surface area (Å²) < 4.78 is 43.0. The van der Waals surface area contributed by atoms with E-state index in [2.05, 4.69) is 10.3 Å². The number of pyridine rings is 1. The third-order valence-electron chi connectivity index (χ3n) is 7.84. The molecule has 0 spiro atoms. The molecule has 8 nitrogen and oxygen atoms in total. The molecule has 3 aromatic rings. The summed E-state index contributed by atoms with van der Waals surface area (Å²) >= 11 is 5.69. The van der Waals surface area contributed by atoms with Gasteiger partial charge in [-0.3, -0.25) is 14.6 Å². The minimum atomic E-state index is -4.08. The Morgan fingerprint density at radius 3 is 2.48 bits per heavy atom. The largest absolute Gasteiger partial charge is 0.342 e. The van der Waals surface area contributed by atoms with Gasteiger partial charge in [-0.1, -0.05) is 26.0 Å². The van der Waals surface area contributed by atoms with E-state index in [1.807, 2.05) is 20.8 Å². The minimum absolute atomic E-state index is 0.0242. The van der Waals surface area contributed by atoms with E-state index in [1.54, 1.807) is 23.1 Å². The average Bonchev–Trinajstić information content (AvgIpc) is 3.41. The van der Waals surface area contributed by atoms with Crippen molar-refractivity contribution >= 4 is 33.3 Å². The van der Waals surface area contributed by atoms with Crippen LogP contribution in [-0.4, -0.2) is 58.5 Å². The number of nitrogens with one attached hydrogen (secondary N) is 1. The fourth-order valence-electron chi connectivity index (χ4n) is 5.03. The highest BCUT2D eigenvalue weighted by Crippen LogP contribution is 2.31. The van der Waals surface area contributed by atoms with Crippen LogP contribution < -0.4 is 5.32 Å². The molecule has 0 aliphatic carbocycles. The molecule has 214 valence electrons. The smallest absolute Gasteiger partial charge is 0.269 e. The van der Waals surface area contributed by atoms with Crippen LogP contribution in [0.3, 0.4) is 0 Å². The molecule has 1 N–H and O–H groups in total. The molecule has 1 aromatic carbocycles. The zero-order chi connectivity index (χ0) is 29.1. The topological polar surface area (TPSA) is 101 Å². The highest BCUT2D eigenvalue weighted by Gasteiger charge is 2.41. The van der Waals surface area contributed by atoms with E-state index in [0.29, 0.717) is 31.5 Å². The highest BCUT2D eigenvalue weighted by atomic mass is 35.5. The molecule has 40 heavy (non-hydrogen) atoms. The van der Waals surface area contributed by atoms with Gasteiger partial charge in [0.1, 0.15) is 16.6 Å². The molecule has 1 saturated heterocycles. The van der Waals surface area contributed by atoms with Gasteiger partial charge in [0.2, 0.25) is 5.91 Å². The summed E-state index contributed by atoms with van der Waals surface area (Å²) in [6, 6.07) is 10.6. The Bertz CT molecular complexity index is 1470. The fraction of sp³-hybridized carbons (Fsp3) is 0.414. The Morgan fingerprint density at radius 2 is 1.88 bits per heavy atom. The average molecular weight is 589 g/mol. The normalized spacial score (nSPS) is 16.2. The predicted molar refractivity (Wildman–Crippen MR) is 152 cm³/mol. The van der Waals surface area contributed by atoms with Crippen molar-refractivity contribution in [3.8, 4) is 11.3 Å². The number of nitrogens with zero attached hydrogens (tertiary/aromatic N) is 3. The number of amides is 1. The maximum atomic E-state index is 14.8. The molecule has 0 saturated carbocycles. The third kappa shape index (κ3) is 5.99. The number of hydrogen-bond acceptors (Lipinski definition) is 6. The molecule has 11 heteroatoms. The van der Waals surface area contributed by atoms with Crippen LogP contribution in [0.1, 0.15) is 39.2 Å². The summed E-state index contributed by atoms with van der Waals surface area (Å²) in [5, 5.41) is 3.39. The molecule has 0 bridgehead atoms. The number of alkyl halides is 1. The Hall–Kier alpha value is -3.08. The molecule has 2 aromatic heterocycles. The SMILES string of the molecule is CC(C)C(C)(NCc1cc(-c2ccccc2F)n(S(=O)(=O)c2cccnc2)c1)C(=O)C1CCN(C(=O)CCl)CC1. The molecule has 1 amide bonds. The van der Waals surface area contributed by atoms with Crippen LogP contribution in [0.5, 0.6) is 0 Å². The first-order chi connectivity index (χ1) is 19.0. The van der Waals surface area contributed by atoms with Crippen LogP contribution in [0, 0.1) is 17.7 Å². The van der Waals surface area contributed by atoms with Gasteiger partial charge in [-0.05, 0) is 61.6 Å². The van der Waals surface area contributed by atoms with Gasteiger partial charge >= 0.3 is 0 Å². The molecule has 1 unspecified atom stereocenters. The zero-order valence-corrected chi connectivity index (χ0v) is 24.4. The molecule has 1 fully saturated rings. The Kier molecular flexibility index (Phi) is 9.12. The number of likely N-dealkylation sites (tertiary alicyclic amines) is 1. The standard InChI is InChI=1S/C29H34ClFN4O4S/c1-20(2)29(3,28(37)22-10-13-34(14-11-22)27(36)16-30)33-17-21-15-26(24-8-4-5-9-25(24)31)35(19-21)40(38,39)23-7-6-12-32-18-23/h4-9,12,15,18-20,22,33H,10-11,13-14,16-17H2,1-3H3. The number of carbonyl (C=O) groups is 2. The summed E-state index contributed by atoms with van der Waals surface area (Å²) in [4.78, 5) is 31.3. The van der Waals surface area contributed by atoms with E-state index in [0.717, 1.165) is 3.97 Å². The zero-order valence-electron chi connectivity index (χ0n) is 22.8. The Balaban J connectivity index is 1.62. The van der Waals surface area contributed by atoms with Gasteiger partial charge in [0.25, 0.3) is 10.0 Å². The first-order valence-corrected chi connectivity index (χ1v) is 15.2. The molecular formula is C29H34ClFN4O4S. The molecule has 1 aliphatic rings. The number of aromatic nitrogens is 2. The van der Waals surface area contributed by atoms with Crippen LogP contribution in [0.25, 0.3) is 11.3 Å². The third-order valence-corrected chi connectivity index (χ3v) is 9.73. The number of piperidine rings is 1. The van der Waals surface area contributed by atoms with Crippen LogP contribution in [0.4, 0.5) is 4.39 Å². The first-order valence-electron chi connectivity index (χ1n) is 13.2. The van der Waals surface area contributed by atoms with Gasteiger partial charge in [-0.2, -0.15) is 0 Å². The lowest BCUT2D eigenvalue weighted by atomic mass is 9.76. The molecule has 1 atom stereocenters. The van der Waals surface area contributed by atoms with E-state index in [9.17, 15) is 22.4 Å². The molecule has 4 rings (SSSR count). The molecule has 0 radical (unpaired) electrons. The van der Waals surface area contributed by atoms with Crippen LogP contribution in [0.15, 0.2) is 66.0 Å². The van der Waals surface area contributed by atoms with Gasteiger partial charge in [-0.15, -0.1) is 11.6 Å². The monoisotopic (exact) mass is 588 g/mol. The fourth-order valence-corrected chi connectivity index (χ4v) is 6.56. The highest BCUT2D eigenvalue weighted by molar-refractivity contribution is 7.90. The second-order valence-electron chi connectivity index (χ2n) is 10.6. The second kappa shape index (κ2) is 12.2. The van der Waals surface area contributed by atoms with Crippen LogP contribution in [-0.2, 0) is 26.2 Å². The van der Waals surface area contributed by atoms with E-state index >= 15 is 0 Å². The lowest BCUT2D eigenvalue weighted by Gasteiger charge is -2.39. The maximum Gasteiger partial charge on any atom is 0.269 e. The van der Waals surface area contributed by atoms with Crippen molar-refractivity contribution in [1.82, 2.24) is 19.2 Å². The minimum Gasteiger partial charge on any atom is -0.342 e. The van der Waals surface area contributed by atoms with E-state index in [4.69, 9.17) is 11.6 Å². The van der Waals surface area contributed by atoms with E-state index in [1.165, 1.54) is 42.9 Å². The van der Waals surface area contributed by atoms with Gasteiger partial charge in [0, 0.05) is 49.7 Å². The van der Waals surface area contributed by atoms with Crippen molar-refractivity contribution in [2.75, 3.05) is 19.0 Å². The van der Waals surface area contributed by atoms with Crippen molar-refractivity contribution in [3.63, 3.8) is 0 Å². The maximum absolute atomic E-state index is 14.8. The molecule has 1 aliphatic heterocycles. The lowest BCUT2D eigenvalue weighted by molar-refractivity contribution is -0.136. The Morgan fingerprint density at radius 1 is 1.18 bits per heavy atom. The van der Waals surface area contributed by atoms with Gasteiger partial charge in [0.05, 0.1) is 11.2 Å². The number of rotatable bonds is 10. The summed E-state index contributed by atoms with van der Waals surface area (Å²) in [6.45, 7) is 6.92. The number of benzene rings is 1. The van der Waals surface area contributed by atoms with Crippen LogP contribution in [0.2, 0.25) is 0 Å². The summed E-state index contributed by atoms with van der Waals surface area (Å²) in [6.07, 6.45) is 5.30. The van der Waals surface area contributed by atoms with Crippen molar-refractivity contribution in [1.29, 1.82) is 0 Å². The van der Waals surface area contributed by atoms with Gasteiger partial charge < -0.3 is 10.2 Å². The summed E-state index contributed by atoms with van der Waals surface area (Å²) in [7, 11) is -4.08. The number of carbonyl (C=O) groups excluding carboxylic acids is 2. The molecular weight excluding hydrogens is 555 g/mol. The van der Waals surface area contributed by atoms with Crippen molar-refractivity contribution in [2.24, 2.45) is 11.8 Å². The predicted octanol–water partition coefficient (Wildman–Crippen LogP) is 4.48. The van der Waals surface area contributed by atoms with E-state index < -0.39 is 21.4 Å². The number of Topliss-reactive ketones (excluding diaryl/α,β-unsaturated/α-hetero) is 1. The first kappa shape index (κ1) is 29.9. The van der Waals surface area contributed by atoms with Crippen LogP contribution >= 0.6 is 11.6 Å². The summed E-state index contributed by atoms with van der Waals surface area (Å²) in [5.41, 5.74) is -0.0195. The quantitative estimate of drug-likeness (QED) is 0.351. The van der Waals surface area contributed by atoms with Crippen molar-refractivity contribution in [3.05, 3.63) is 72.4 Å². The van der Waals surface area contributed by atoms with E-state index in [-0.39, 0.29) is 52.1 Å². The molecule has 3 heterocycles. The van der Waals surface area contributed by atoms with Crippen molar-refractivity contribution in [2.45, 2.75) is 50.6 Å². The van der Waals surface area contributed by atoms with Gasteiger partial charge in [-0.25, -0.2) is 16.8 Å². The Labute approximate surface area is 239 Å². The number of halogens is 2. The van der Waals surface area contributed by atoms with Gasteiger partial charge in [0.15, 0.2) is 5.78 Å². The second-order valence-corrected chi connectivity index (χ2v) is 12.6. The number of hydrogen-bond donors (Lipinski definition) is 1. The van der Waals surface area contributed by atoms with Crippen molar-refractivity contribution < 1.29 is 22.4 Å². The lowest BCUT2D eigenvalue weighted by Crippen LogP contribution is -2.56. The number of ketones is 1.